The van der Waals surface area contributed by atoms with Gasteiger partial charge in [0.2, 0.25) is 0 Å². The first-order valence-electron chi connectivity index (χ1n) is 5.07. The molecule has 0 aromatic heterocycles. The Morgan fingerprint density at radius 2 is 1.86 bits per heavy atom. The Morgan fingerprint density at radius 1 is 1.29 bits per heavy atom. The summed E-state index contributed by atoms with van der Waals surface area (Å²) < 4.78 is 5.58. The van der Waals surface area contributed by atoms with E-state index in [2.05, 4.69) is 40.2 Å². The molecular formula is C12H15BrO. The van der Waals surface area contributed by atoms with Crippen LogP contribution in [-0.4, -0.2) is 10.9 Å². The molecule has 0 aliphatic heterocycles. The summed E-state index contributed by atoms with van der Waals surface area (Å²) in [5.74, 6) is 1.69. The first kappa shape index (κ1) is 10.0. The lowest BCUT2D eigenvalue weighted by atomic mass is 10.1. The maximum absolute atomic E-state index is 5.58. The Morgan fingerprint density at radius 3 is 2.29 bits per heavy atom. The van der Waals surface area contributed by atoms with Gasteiger partial charge in [0.15, 0.2) is 0 Å². The third kappa shape index (κ3) is 2.30. The summed E-state index contributed by atoms with van der Waals surface area (Å²) in [6, 6.07) is 8.47. The summed E-state index contributed by atoms with van der Waals surface area (Å²) >= 11 is 3.61. The van der Waals surface area contributed by atoms with Crippen LogP contribution in [0, 0.1) is 0 Å². The summed E-state index contributed by atoms with van der Waals surface area (Å²) in [4.78, 5) is 0.694. The van der Waals surface area contributed by atoms with E-state index in [0.29, 0.717) is 4.83 Å². The van der Waals surface area contributed by atoms with Crippen LogP contribution in [-0.2, 0) is 0 Å². The lowest BCUT2D eigenvalue weighted by molar-refractivity contribution is 0.242. The second-order valence-electron chi connectivity index (χ2n) is 4.09. The highest BCUT2D eigenvalue weighted by molar-refractivity contribution is 9.09. The highest BCUT2D eigenvalue weighted by atomic mass is 79.9. The second kappa shape index (κ2) is 3.93. The topological polar surface area (TPSA) is 9.23 Å². The van der Waals surface area contributed by atoms with E-state index < -0.39 is 0 Å². The van der Waals surface area contributed by atoms with Gasteiger partial charge in [0.05, 0.1) is 6.10 Å². The van der Waals surface area contributed by atoms with Gasteiger partial charge >= 0.3 is 0 Å². The quantitative estimate of drug-likeness (QED) is 0.748. The maximum atomic E-state index is 5.58. The SMILES string of the molecule is CC(C)Oc1ccc([C@@H]2C[C@H]2Br)cc1. The van der Waals surface area contributed by atoms with Crippen molar-refractivity contribution in [3.63, 3.8) is 0 Å². The van der Waals surface area contributed by atoms with E-state index in [4.69, 9.17) is 4.74 Å². The Hall–Kier alpha value is -0.500. The first-order chi connectivity index (χ1) is 6.66. The maximum Gasteiger partial charge on any atom is 0.119 e. The van der Waals surface area contributed by atoms with E-state index in [1.807, 2.05) is 13.8 Å². The first-order valence-corrected chi connectivity index (χ1v) is 5.99. The van der Waals surface area contributed by atoms with Crippen LogP contribution in [0.1, 0.15) is 31.7 Å². The molecular weight excluding hydrogens is 240 g/mol. The van der Waals surface area contributed by atoms with Crippen molar-refractivity contribution in [2.45, 2.75) is 37.1 Å². The third-order valence-electron chi connectivity index (χ3n) is 2.39. The van der Waals surface area contributed by atoms with Crippen LogP contribution in [0.5, 0.6) is 5.75 Å². The van der Waals surface area contributed by atoms with Crippen LogP contribution in [0.25, 0.3) is 0 Å². The molecule has 1 aliphatic rings. The molecule has 0 amide bonds. The van der Waals surface area contributed by atoms with E-state index >= 15 is 0 Å². The Bertz CT molecular complexity index is 305. The van der Waals surface area contributed by atoms with Crippen molar-refractivity contribution < 1.29 is 4.74 Å². The molecule has 1 nitrogen and oxygen atoms in total. The third-order valence-corrected chi connectivity index (χ3v) is 3.40. The largest absolute Gasteiger partial charge is 0.491 e. The van der Waals surface area contributed by atoms with E-state index in [1.165, 1.54) is 12.0 Å². The van der Waals surface area contributed by atoms with E-state index in [0.717, 1.165) is 11.7 Å². The van der Waals surface area contributed by atoms with Gasteiger partial charge in [-0.05, 0) is 43.9 Å². The Kier molecular flexibility index (Phi) is 2.82. The molecule has 2 rings (SSSR count). The molecule has 0 N–H and O–H groups in total. The fraction of sp³-hybridized carbons (Fsp3) is 0.500. The molecule has 1 fully saturated rings. The lowest BCUT2D eigenvalue weighted by Gasteiger charge is -2.09. The number of halogens is 1. The molecule has 0 spiro atoms. The van der Waals surface area contributed by atoms with Crippen LogP contribution >= 0.6 is 15.9 Å². The van der Waals surface area contributed by atoms with Crippen molar-refractivity contribution in [2.75, 3.05) is 0 Å². The Balaban J connectivity index is 2.03. The van der Waals surface area contributed by atoms with Crippen molar-refractivity contribution in [1.29, 1.82) is 0 Å². The minimum Gasteiger partial charge on any atom is -0.491 e. The Labute approximate surface area is 93.6 Å². The average molecular weight is 255 g/mol. The second-order valence-corrected chi connectivity index (χ2v) is 5.27. The molecule has 1 saturated carbocycles. The minimum atomic E-state index is 0.255. The minimum absolute atomic E-state index is 0.255. The van der Waals surface area contributed by atoms with Crippen LogP contribution in [0.3, 0.4) is 0 Å². The number of hydrogen-bond acceptors (Lipinski definition) is 1. The molecule has 14 heavy (non-hydrogen) atoms. The molecule has 2 atom stereocenters. The van der Waals surface area contributed by atoms with Gasteiger partial charge in [-0.15, -0.1) is 0 Å². The van der Waals surface area contributed by atoms with Crippen LogP contribution in [0.15, 0.2) is 24.3 Å². The molecule has 1 aliphatic carbocycles. The molecule has 0 unspecified atom stereocenters. The smallest absolute Gasteiger partial charge is 0.119 e. The molecule has 0 radical (unpaired) electrons. The van der Waals surface area contributed by atoms with Crippen molar-refractivity contribution >= 4 is 15.9 Å². The number of ether oxygens (including phenoxy) is 1. The molecule has 0 heterocycles. The molecule has 0 saturated heterocycles. The zero-order chi connectivity index (χ0) is 10.1. The average Bonchev–Trinajstić information content (AvgIpc) is 2.83. The van der Waals surface area contributed by atoms with Gasteiger partial charge in [-0.2, -0.15) is 0 Å². The van der Waals surface area contributed by atoms with Gasteiger partial charge in [-0.25, -0.2) is 0 Å². The fourth-order valence-corrected chi connectivity index (χ4v) is 2.28. The highest BCUT2D eigenvalue weighted by Gasteiger charge is 2.35. The van der Waals surface area contributed by atoms with Crippen LogP contribution < -0.4 is 4.74 Å². The van der Waals surface area contributed by atoms with Crippen LogP contribution in [0.4, 0.5) is 0 Å². The summed E-state index contributed by atoms with van der Waals surface area (Å²) in [6.45, 7) is 4.09. The van der Waals surface area contributed by atoms with Crippen molar-refractivity contribution in [3.8, 4) is 5.75 Å². The number of alkyl halides is 1. The standard InChI is InChI=1S/C12H15BrO/c1-8(2)14-10-5-3-9(4-6-10)11-7-12(11)13/h3-6,8,11-12H,7H2,1-2H3/t11-,12+/m0/s1. The summed E-state index contributed by atoms with van der Waals surface area (Å²) in [5.41, 5.74) is 1.42. The summed E-state index contributed by atoms with van der Waals surface area (Å²) in [5, 5.41) is 0. The zero-order valence-electron chi connectivity index (χ0n) is 8.53. The molecule has 2 heteroatoms. The number of benzene rings is 1. The van der Waals surface area contributed by atoms with E-state index in [9.17, 15) is 0 Å². The molecule has 76 valence electrons. The molecule has 1 aromatic rings. The van der Waals surface area contributed by atoms with Gasteiger partial charge in [0.1, 0.15) is 5.75 Å². The number of rotatable bonds is 3. The number of hydrogen-bond donors (Lipinski definition) is 0. The van der Waals surface area contributed by atoms with Gasteiger partial charge in [0.25, 0.3) is 0 Å². The monoisotopic (exact) mass is 254 g/mol. The van der Waals surface area contributed by atoms with Gasteiger partial charge in [0, 0.05) is 4.83 Å². The van der Waals surface area contributed by atoms with Gasteiger partial charge in [-0.3, -0.25) is 0 Å². The predicted molar refractivity (Wildman–Crippen MR) is 62.3 cm³/mol. The van der Waals surface area contributed by atoms with Gasteiger partial charge < -0.3 is 4.74 Å². The van der Waals surface area contributed by atoms with E-state index in [1.54, 1.807) is 0 Å². The van der Waals surface area contributed by atoms with E-state index in [-0.39, 0.29) is 6.10 Å². The van der Waals surface area contributed by atoms with Crippen molar-refractivity contribution in [2.24, 2.45) is 0 Å². The normalized spacial score (nSPS) is 25.1. The predicted octanol–water partition coefficient (Wildman–Crippen LogP) is 3.72. The highest BCUT2D eigenvalue weighted by Crippen LogP contribution is 2.46. The van der Waals surface area contributed by atoms with Crippen LogP contribution in [0.2, 0.25) is 0 Å². The molecule has 0 bridgehead atoms. The fourth-order valence-electron chi connectivity index (χ4n) is 1.57. The zero-order valence-corrected chi connectivity index (χ0v) is 10.1. The summed E-state index contributed by atoms with van der Waals surface area (Å²) in [7, 11) is 0. The van der Waals surface area contributed by atoms with Crippen molar-refractivity contribution in [3.05, 3.63) is 29.8 Å². The van der Waals surface area contributed by atoms with Crippen molar-refractivity contribution in [1.82, 2.24) is 0 Å². The molecule has 1 aromatic carbocycles. The lowest BCUT2D eigenvalue weighted by Crippen LogP contribution is -2.05. The summed E-state index contributed by atoms with van der Waals surface area (Å²) in [6.07, 6.45) is 1.52. The van der Waals surface area contributed by atoms with Gasteiger partial charge in [-0.1, -0.05) is 28.1 Å².